The highest BCUT2D eigenvalue weighted by Crippen LogP contribution is 2.40. The van der Waals surface area contributed by atoms with Gasteiger partial charge in [0.25, 0.3) is 5.88 Å². The van der Waals surface area contributed by atoms with E-state index >= 15 is 0 Å². The van der Waals surface area contributed by atoms with Gasteiger partial charge in [-0.05, 0) is 38.1 Å². The molecule has 7 nitrogen and oxygen atoms in total. The van der Waals surface area contributed by atoms with Crippen LogP contribution in [0.5, 0.6) is 5.88 Å². The molecule has 2 saturated heterocycles. The number of nitrogens with zero attached hydrogens (tertiary/aromatic N) is 5. The molecule has 0 bridgehead atoms. The molecule has 2 aliphatic heterocycles. The summed E-state index contributed by atoms with van der Waals surface area (Å²) in [5.41, 5.74) is 0.459. The summed E-state index contributed by atoms with van der Waals surface area (Å²) in [7, 11) is 0. The molecule has 30 heavy (non-hydrogen) atoms. The maximum atomic E-state index is 13.2. The molecule has 2 aromatic rings. The number of anilines is 2. The number of hydrogen-bond acceptors (Lipinski definition) is 8. The fraction of sp³-hybridized carbons (Fsp3) is 0.619. The Bertz CT molecular complexity index is 865. The van der Waals surface area contributed by atoms with Crippen LogP contribution < -0.4 is 14.5 Å². The first-order valence-electron chi connectivity index (χ1n) is 10.4. The summed E-state index contributed by atoms with van der Waals surface area (Å²) >= 11 is 1.17. The van der Waals surface area contributed by atoms with E-state index in [1.54, 1.807) is 0 Å². The Labute approximate surface area is 181 Å². The van der Waals surface area contributed by atoms with Crippen molar-refractivity contribution in [2.24, 2.45) is 5.41 Å². The van der Waals surface area contributed by atoms with Gasteiger partial charge < -0.3 is 19.7 Å². The smallest absolute Gasteiger partial charge is 0.271 e. The number of piperazine rings is 1. The summed E-state index contributed by atoms with van der Waals surface area (Å²) in [5, 5.41) is 11.7. The summed E-state index contributed by atoms with van der Waals surface area (Å²) in [6.45, 7) is 12.0. The maximum absolute atomic E-state index is 13.2. The maximum Gasteiger partial charge on any atom is 0.271 e. The Balaban J connectivity index is 1.43. The van der Waals surface area contributed by atoms with Gasteiger partial charge in [0, 0.05) is 55.8 Å². The molecular weight excluding hydrogens is 405 g/mol. The van der Waals surface area contributed by atoms with Gasteiger partial charge in [-0.2, -0.15) is 9.44 Å². The Hall–Kier alpha value is -1.97. The molecule has 164 valence electrons. The van der Waals surface area contributed by atoms with Gasteiger partial charge in [0.2, 0.25) is 5.82 Å². The van der Waals surface area contributed by atoms with Crippen molar-refractivity contribution in [3.8, 4) is 5.88 Å². The van der Waals surface area contributed by atoms with E-state index in [0.717, 1.165) is 37.7 Å². The minimum absolute atomic E-state index is 0.0703. The van der Waals surface area contributed by atoms with E-state index in [1.165, 1.54) is 28.9 Å². The van der Waals surface area contributed by atoms with Gasteiger partial charge in [-0.15, -0.1) is 4.37 Å². The first kappa shape index (κ1) is 21.3. The Morgan fingerprint density at radius 3 is 2.33 bits per heavy atom. The Morgan fingerprint density at radius 1 is 1.03 bits per heavy atom. The van der Waals surface area contributed by atoms with Crippen molar-refractivity contribution in [3.63, 3.8) is 0 Å². The molecule has 1 N–H and O–H groups in total. The van der Waals surface area contributed by atoms with Crippen molar-refractivity contribution in [2.45, 2.75) is 45.8 Å². The SMILES string of the molecule is CC1(C)CN(O)C(C)(C)CC1Oc1nsnc1N1CCN(c2ccc(F)cc2)CC1. The van der Waals surface area contributed by atoms with Gasteiger partial charge in [-0.25, -0.2) is 4.39 Å². The molecule has 0 spiro atoms. The zero-order valence-electron chi connectivity index (χ0n) is 18.0. The van der Waals surface area contributed by atoms with Crippen LogP contribution in [0.3, 0.4) is 0 Å². The van der Waals surface area contributed by atoms with Crippen molar-refractivity contribution < 1.29 is 14.3 Å². The lowest BCUT2D eigenvalue weighted by Gasteiger charge is -2.49. The predicted molar refractivity (Wildman–Crippen MR) is 116 cm³/mol. The van der Waals surface area contributed by atoms with Crippen molar-refractivity contribution in [1.29, 1.82) is 0 Å². The second-order valence-electron chi connectivity index (χ2n) is 9.51. The third-order valence-electron chi connectivity index (χ3n) is 6.28. The number of rotatable bonds is 4. The fourth-order valence-corrected chi connectivity index (χ4v) is 4.66. The molecule has 0 amide bonds. The van der Waals surface area contributed by atoms with Crippen molar-refractivity contribution in [3.05, 3.63) is 30.1 Å². The monoisotopic (exact) mass is 435 g/mol. The second-order valence-corrected chi connectivity index (χ2v) is 10.0. The average molecular weight is 436 g/mol. The number of benzene rings is 1. The van der Waals surface area contributed by atoms with Crippen LogP contribution in [0, 0.1) is 11.2 Å². The number of aromatic nitrogens is 2. The molecule has 1 atom stereocenters. The quantitative estimate of drug-likeness (QED) is 0.786. The number of hydroxylamine groups is 2. The molecular formula is C21H30FN5O2S. The van der Waals surface area contributed by atoms with Crippen LogP contribution in [0.1, 0.15) is 34.1 Å². The molecule has 0 saturated carbocycles. The largest absolute Gasteiger partial charge is 0.470 e. The first-order chi connectivity index (χ1) is 14.2. The Kier molecular flexibility index (Phi) is 5.63. The minimum Gasteiger partial charge on any atom is -0.470 e. The van der Waals surface area contributed by atoms with Crippen LogP contribution in [0.15, 0.2) is 24.3 Å². The zero-order valence-corrected chi connectivity index (χ0v) is 18.8. The summed E-state index contributed by atoms with van der Waals surface area (Å²) in [5.74, 6) is 1.15. The van der Waals surface area contributed by atoms with Crippen LogP contribution in [-0.4, -0.2) is 63.4 Å². The number of hydrogen-bond donors (Lipinski definition) is 1. The lowest BCUT2D eigenvalue weighted by atomic mass is 9.75. The normalized spacial score (nSPS) is 24.1. The zero-order chi connectivity index (χ0) is 21.5. The summed E-state index contributed by atoms with van der Waals surface area (Å²) in [4.78, 5) is 4.46. The van der Waals surface area contributed by atoms with Gasteiger partial charge in [0.05, 0.1) is 11.7 Å². The molecule has 2 aliphatic rings. The first-order valence-corrected chi connectivity index (χ1v) is 11.1. The van der Waals surface area contributed by atoms with Gasteiger partial charge in [-0.1, -0.05) is 13.8 Å². The number of piperidine rings is 1. The molecule has 0 aliphatic carbocycles. The molecule has 4 rings (SSSR count). The summed E-state index contributed by atoms with van der Waals surface area (Å²) in [6.07, 6.45) is 0.630. The molecule has 0 radical (unpaired) electrons. The number of halogens is 1. The lowest BCUT2D eigenvalue weighted by molar-refractivity contribution is -0.224. The standard InChI is InChI=1S/C21H30FN5O2S/c1-20(2)14-27(28)21(3,4)13-17(20)29-19-18(23-30-24-19)26-11-9-25(10-12-26)16-7-5-15(22)6-8-16/h5-8,17,28H,9-14H2,1-4H3. The van der Waals surface area contributed by atoms with E-state index in [1.807, 2.05) is 26.0 Å². The van der Waals surface area contributed by atoms with Gasteiger partial charge in [0.1, 0.15) is 11.9 Å². The van der Waals surface area contributed by atoms with Crippen molar-refractivity contribution in [2.75, 3.05) is 42.5 Å². The van der Waals surface area contributed by atoms with Crippen LogP contribution in [0.4, 0.5) is 15.9 Å². The molecule has 1 unspecified atom stereocenters. The molecule has 1 aromatic heterocycles. The molecule has 2 fully saturated rings. The van der Waals surface area contributed by atoms with Gasteiger partial charge in [-0.3, -0.25) is 0 Å². The lowest BCUT2D eigenvalue weighted by Crippen LogP contribution is -2.59. The van der Waals surface area contributed by atoms with Crippen molar-refractivity contribution in [1.82, 2.24) is 13.8 Å². The topological polar surface area (TPSA) is 65.0 Å². The highest BCUT2D eigenvalue weighted by Gasteiger charge is 2.46. The molecule has 1 aromatic carbocycles. The second kappa shape index (κ2) is 7.94. The van der Waals surface area contributed by atoms with Crippen LogP contribution >= 0.6 is 11.7 Å². The van der Waals surface area contributed by atoms with E-state index in [4.69, 9.17) is 4.74 Å². The van der Waals surface area contributed by atoms with E-state index in [9.17, 15) is 9.60 Å². The van der Waals surface area contributed by atoms with E-state index < -0.39 is 0 Å². The van der Waals surface area contributed by atoms with E-state index in [0.29, 0.717) is 18.8 Å². The fourth-order valence-electron chi connectivity index (χ4n) is 4.14. The third-order valence-corrected chi connectivity index (χ3v) is 6.78. The molecule has 9 heteroatoms. The van der Waals surface area contributed by atoms with E-state index in [2.05, 4.69) is 32.4 Å². The van der Waals surface area contributed by atoms with Crippen LogP contribution in [-0.2, 0) is 0 Å². The summed E-state index contributed by atoms with van der Waals surface area (Å²) < 4.78 is 28.6. The van der Waals surface area contributed by atoms with Gasteiger partial charge >= 0.3 is 0 Å². The van der Waals surface area contributed by atoms with Crippen LogP contribution in [0.25, 0.3) is 0 Å². The minimum atomic E-state index is -0.357. The van der Waals surface area contributed by atoms with Gasteiger partial charge in [0.15, 0.2) is 0 Å². The highest BCUT2D eigenvalue weighted by molar-refractivity contribution is 6.99. The third kappa shape index (κ3) is 4.24. The number of ether oxygens (including phenoxy) is 1. The van der Waals surface area contributed by atoms with E-state index in [-0.39, 0.29) is 22.9 Å². The van der Waals surface area contributed by atoms with Crippen molar-refractivity contribution >= 4 is 23.2 Å². The Morgan fingerprint density at radius 2 is 1.67 bits per heavy atom. The highest BCUT2D eigenvalue weighted by atomic mass is 32.1. The summed E-state index contributed by atoms with van der Waals surface area (Å²) in [6, 6.07) is 6.64. The predicted octanol–water partition coefficient (Wildman–Crippen LogP) is 3.65. The average Bonchev–Trinajstić information content (AvgIpc) is 3.15. The molecule has 3 heterocycles. The van der Waals surface area contributed by atoms with Crippen LogP contribution in [0.2, 0.25) is 0 Å².